The number of esters is 2. The summed E-state index contributed by atoms with van der Waals surface area (Å²) in [5, 5.41) is 0. The zero-order chi connectivity index (χ0) is 16.5. The normalized spacial score (nSPS) is 21.0. The van der Waals surface area contributed by atoms with E-state index >= 15 is 0 Å². The Hall–Kier alpha value is -1.58. The van der Waals surface area contributed by atoms with E-state index in [1.54, 1.807) is 13.8 Å². The van der Waals surface area contributed by atoms with Crippen molar-refractivity contribution in [2.24, 2.45) is 11.8 Å². The third-order valence-electron chi connectivity index (χ3n) is 4.11. The van der Waals surface area contributed by atoms with Gasteiger partial charge in [-0.25, -0.2) is 9.59 Å². The maximum Gasteiger partial charge on any atom is 0.333 e. The molecule has 0 amide bonds. The lowest BCUT2D eigenvalue weighted by molar-refractivity contribution is -0.139. The van der Waals surface area contributed by atoms with Crippen LogP contribution in [0.3, 0.4) is 0 Å². The molecular formula is C18H28O4. The van der Waals surface area contributed by atoms with Gasteiger partial charge >= 0.3 is 11.9 Å². The third kappa shape index (κ3) is 6.92. The van der Waals surface area contributed by atoms with Crippen molar-refractivity contribution in [3.63, 3.8) is 0 Å². The van der Waals surface area contributed by atoms with E-state index in [1.807, 2.05) is 0 Å². The number of carbonyl (C=O) groups excluding carboxylic acids is 2. The molecule has 0 radical (unpaired) electrons. The number of rotatable bonds is 8. The average Bonchev–Trinajstić information content (AvgIpc) is 2.47. The Labute approximate surface area is 133 Å². The maximum atomic E-state index is 11.3. The molecule has 2 atom stereocenters. The predicted octanol–water partition coefficient (Wildman–Crippen LogP) is 3.81. The van der Waals surface area contributed by atoms with Gasteiger partial charge in [0.15, 0.2) is 0 Å². The Kier molecular flexibility index (Phi) is 7.92. The second kappa shape index (κ2) is 9.44. The van der Waals surface area contributed by atoms with Gasteiger partial charge in [-0.2, -0.15) is 0 Å². The zero-order valence-corrected chi connectivity index (χ0v) is 13.9. The summed E-state index contributed by atoms with van der Waals surface area (Å²) in [4.78, 5) is 22.7. The van der Waals surface area contributed by atoms with Crippen LogP contribution < -0.4 is 0 Å². The van der Waals surface area contributed by atoms with Crippen molar-refractivity contribution in [3.05, 3.63) is 24.3 Å². The summed E-state index contributed by atoms with van der Waals surface area (Å²) >= 11 is 0. The van der Waals surface area contributed by atoms with Gasteiger partial charge < -0.3 is 9.47 Å². The maximum absolute atomic E-state index is 11.3. The van der Waals surface area contributed by atoms with E-state index in [-0.39, 0.29) is 11.9 Å². The standard InChI is InChI=1S/C18H28O4/c1-13(2)17(19)21-10-8-15-6-5-7-16(12-15)9-11-22-18(20)14(3)4/h15-16H,1,3,5-12H2,2,4H3. The fourth-order valence-electron chi connectivity index (χ4n) is 2.81. The summed E-state index contributed by atoms with van der Waals surface area (Å²) in [6.07, 6.45) is 6.49. The first-order chi connectivity index (χ1) is 10.4. The SMILES string of the molecule is C=C(C)C(=O)OCCC1CCCC(CCOC(=O)C(=C)C)C1. The lowest BCUT2D eigenvalue weighted by atomic mass is 9.79. The van der Waals surface area contributed by atoms with E-state index in [0.29, 0.717) is 36.2 Å². The molecule has 0 aromatic heterocycles. The van der Waals surface area contributed by atoms with Crippen molar-refractivity contribution in [1.29, 1.82) is 0 Å². The smallest absolute Gasteiger partial charge is 0.333 e. The van der Waals surface area contributed by atoms with Gasteiger partial charge in [0.2, 0.25) is 0 Å². The van der Waals surface area contributed by atoms with Gasteiger partial charge in [0.25, 0.3) is 0 Å². The van der Waals surface area contributed by atoms with E-state index in [4.69, 9.17) is 9.47 Å². The molecule has 124 valence electrons. The average molecular weight is 308 g/mol. The van der Waals surface area contributed by atoms with E-state index in [1.165, 1.54) is 19.3 Å². The van der Waals surface area contributed by atoms with Crippen molar-refractivity contribution in [1.82, 2.24) is 0 Å². The van der Waals surface area contributed by atoms with Crippen LogP contribution in [0.2, 0.25) is 0 Å². The van der Waals surface area contributed by atoms with Crippen molar-refractivity contribution in [2.45, 2.75) is 52.4 Å². The molecule has 0 aliphatic heterocycles. The topological polar surface area (TPSA) is 52.6 Å². The van der Waals surface area contributed by atoms with Crippen LogP contribution in [-0.2, 0) is 19.1 Å². The van der Waals surface area contributed by atoms with Gasteiger partial charge in [0.1, 0.15) is 0 Å². The lowest BCUT2D eigenvalue weighted by Gasteiger charge is -2.29. The number of hydrogen-bond donors (Lipinski definition) is 0. The monoisotopic (exact) mass is 308 g/mol. The molecule has 1 saturated carbocycles. The molecule has 4 nitrogen and oxygen atoms in total. The van der Waals surface area contributed by atoms with Crippen LogP contribution in [-0.4, -0.2) is 25.2 Å². The first kappa shape index (κ1) is 18.5. The summed E-state index contributed by atoms with van der Waals surface area (Å²) in [6.45, 7) is 11.4. The molecule has 1 fully saturated rings. The van der Waals surface area contributed by atoms with Crippen molar-refractivity contribution in [3.8, 4) is 0 Å². The first-order valence-corrected chi connectivity index (χ1v) is 8.05. The molecule has 4 heteroatoms. The fraction of sp³-hybridized carbons (Fsp3) is 0.667. The molecule has 22 heavy (non-hydrogen) atoms. The summed E-state index contributed by atoms with van der Waals surface area (Å²) in [5.74, 6) is 0.570. The number of carbonyl (C=O) groups is 2. The second-order valence-electron chi connectivity index (χ2n) is 6.31. The van der Waals surface area contributed by atoms with Crippen molar-refractivity contribution in [2.75, 3.05) is 13.2 Å². The van der Waals surface area contributed by atoms with E-state index < -0.39 is 0 Å². The summed E-state index contributed by atoms with van der Waals surface area (Å²) in [6, 6.07) is 0. The van der Waals surface area contributed by atoms with Gasteiger partial charge in [-0.05, 0) is 44.9 Å². The highest BCUT2D eigenvalue weighted by molar-refractivity contribution is 5.87. The van der Waals surface area contributed by atoms with Gasteiger partial charge in [-0.1, -0.05) is 32.4 Å². The molecule has 1 aliphatic rings. The number of ether oxygens (including phenoxy) is 2. The van der Waals surface area contributed by atoms with Crippen LogP contribution >= 0.6 is 0 Å². The summed E-state index contributed by atoms with van der Waals surface area (Å²) in [5.41, 5.74) is 0.890. The van der Waals surface area contributed by atoms with Crippen LogP contribution in [0.1, 0.15) is 52.4 Å². The van der Waals surface area contributed by atoms with Crippen molar-refractivity contribution >= 4 is 11.9 Å². The van der Waals surface area contributed by atoms with Crippen LogP contribution in [0.15, 0.2) is 24.3 Å². The van der Waals surface area contributed by atoms with Gasteiger partial charge in [-0.3, -0.25) is 0 Å². The van der Waals surface area contributed by atoms with Crippen LogP contribution in [0.5, 0.6) is 0 Å². The molecule has 0 saturated heterocycles. The quantitative estimate of drug-likeness (QED) is 0.505. The van der Waals surface area contributed by atoms with E-state index in [2.05, 4.69) is 13.2 Å². The van der Waals surface area contributed by atoms with Gasteiger partial charge in [-0.15, -0.1) is 0 Å². The minimum absolute atomic E-state index is 0.306. The molecule has 2 unspecified atom stereocenters. The third-order valence-corrected chi connectivity index (χ3v) is 4.11. The van der Waals surface area contributed by atoms with E-state index in [9.17, 15) is 9.59 Å². The molecular weight excluding hydrogens is 280 g/mol. The van der Waals surface area contributed by atoms with Crippen LogP contribution in [0.25, 0.3) is 0 Å². The highest BCUT2D eigenvalue weighted by atomic mass is 16.5. The Bertz CT molecular complexity index is 387. The molecule has 0 heterocycles. The largest absolute Gasteiger partial charge is 0.462 e. The minimum Gasteiger partial charge on any atom is -0.462 e. The van der Waals surface area contributed by atoms with Gasteiger partial charge in [0.05, 0.1) is 13.2 Å². The summed E-state index contributed by atoms with van der Waals surface area (Å²) < 4.78 is 10.3. The fourth-order valence-corrected chi connectivity index (χ4v) is 2.81. The minimum atomic E-state index is -0.306. The molecule has 0 bridgehead atoms. The Balaban J connectivity index is 2.21. The Morgan fingerprint density at radius 2 is 1.32 bits per heavy atom. The molecule has 1 aliphatic carbocycles. The molecule has 1 rings (SSSR count). The molecule has 0 spiro atoms. The zero-order valence-electron chi connectivity index (χ0n) is 13.9. The van der Waals surface area contributed by atoms with Gasteiger partial charge in [0, 0.05) is 11.1 Å². The first-order valence-electron chi connectivity index (χ1n) is 8.05. The Morgan fingerprint density at radius 3 is 1.68 bits per heavy atom. The summed E-state index contributed by atoms with van der Waals surface area (Å²) in [7, 11) is 0. The highest BCUT2D eigenvalue weighted by Crippen LogP contribution is 2.33. The number of hydrogen-bond acceptors (Lipinski definition) is 4. The van der Waals surface area contributed by atoms with Crippen molar-refractivity contribution < 1.29 is 19.1 Å². The second-order valence-corrected chi connectivity index (χ2v) is 6.31. The van der Waals surface area contributed by atoms with E-state index in [0.717, 1.165) is 19.3 Å². The highest BCUT2D eigenvalue weighted by Gasteiger charge is 2.22. The predicted molar refractivity (Wildman–Crippen MR) is 86.2 cm³/mol. The van der Waals surface area contributed by atoms with Crippen LogP contribution in [0.4, 0.5) is 0 Å². The lowest BCUT2D eigenvalue weighted by Crippen LogP contribution is -2.20. The Morgan fingerprint density at radius 1 is 0.909 bits per heavy atom. The van der Waals surface area contributed by atoms with Crippen LogP contribution in [0, 0.1) is 11.8 Å². The molecule has 0 aromatic rings. The molecule has 0 N–H and O–H groups in total. The molecule has 0 aromatic carbocycles.